The normalized spacial score (nSPS) is 24.8. The van der Waals surface area contributed by atoms with Crippen molar-refractivity contribution in [3.05, 3.63) is 35.9 Å². The fourth-order valence-electron chi connectivity index (χ4n) is 3.67. The maximum Gasteiger partial charge on any atom is 0.551 e. The Bertz CT molecular complexity index is 734. The molecule has 0 unspecified atom stereocenters. The molecule has 0 N–H and O–H groups in total. The first-order valence-corrected chi connectivity index (χ1v) is 12.1. The summed E-state index contributed by atoms with van der Waals surface area (Å²) in [5, 5.41) is 0.197. The summed E-state index contributed by atoms with van der Waals surface area (Å²) in [7, 11) is 1.43. The van der Waals surface area contributed by atoms with E-state index in [-0.39, 0.29) is 33.9 Å². The van der Waals surface area contributed by atoms with E-state index in [4.69, 9.17) is 14.2 Å². The minimum absolute atomic E-state index is 0.0201. The second-order valence-corrected chi connectivity index (χ2v) is 10.8. The molecule has 160 valence electrons. The van der Waals surface area contributed by atoms with E-state index in [9.17, 15) is 4.79 Å². The number of alkyl halides is 1. The van der Waals surface area contributed by atoms with Gasteiger partial charge >= 0.3 is 12.1 Å². The van der Waals surface area contributed by atoms with E-state index in [0.717, 1.165) is 25.0 Å². The third-order valence-corrected chi connectivity index (χ3v) is 7.36. The lowest BCUT2D eigenvalue weighted by Crippen LogP contribution is -2.36. The van der Waals surface area contributed by atoms with Crippen molar-refractivity contribution in [2.24, 2.45) is 0 Å². The first-order chi connectivity index (χ1) is 13.8. The maximum absolute atomic E-state index is 11.3. The number of hydrogen-bond donors (Lipinski definition) is 0. The zero-order chi connectivity index (χ0) is 21.0. The van der Waals surface area contributed by atoms with E-state index in [1.807, 2.05) is 38.6 Å². The Hall–Kier alpha value is -1.21. The quantitative estimate of drug-likeness (QED) is 0.239. The maximum atomic E-state index is 11.3. The number of hydrogen-bond acceptors (Lipinski definition) is 5. The highest BCUT2D eigenvalue weighted by atomic mass is 79.9. The summed E-state index contributed by atoms with van der Waals surface area (Å²) in [5.41, 5.74) is 0.939. The van der Waals surface area contributed by atoms with Crippen LogP contribution in [0.5, 0.6) is 0 Å². The average Bonchev–Trinajstić information content (AvgIpc) is 3.26. The number of ether oxygens (including phenoxy) is 3. The molecule has 7 heteroatoms. The summed E-state index contributed by atoms with van der Waals surface area (Å²) >= 11 is 5.80. The molecule has 0 radical (unpaired) electrons. The van der Waals surface area contributed by atoms with Gasteiger partial charge in [-0.05, 0) is 33.6 Å². The van der Waals surface area contributed by atoms with E-state index in [1.165, 1.54) is 12.7 Å². The first-order valence-electron chi connectivity index (χ1n) is 10.2. The van der Waals surface area contributed by atoms with E-state index >= 15 is 0 Å². The molecule has 1 aromatic carbocycles. The molecule has 0 saturated carbocycles. The van der Waals surface area contributed by atoms with Crippen molar-refractivity contribution in [2.75, 3.05) is 12.9 Å². The van der Waals surface area contributed by atoms with Gasteiger partial charge in [0, 0.05) is 12.0 Å². The van der Waals surface area contributed by atoms with Crippen molar-refractivity contribution in [1.82, 2.24) is 0 Å². The fraction of sp³-hybridized carbons (Fsp3) is 0.636. The number of carbonyl (C=O) groups excluding carboxylic acids is 1. The summed E-state index contributed by atoms with van der Waals surface area (Å²) in [6, 6.07) is 10.8. The summed E-state index contributed by atoms with van der Waals surface area (Å²) in [5.74, 6) is 0.845. The number of esters is 1. The number of unbranched alkanes of at least 4 members (excludes halogenated alkanes) is 1. The van der Waals surface area contributed by atoms with Gasteiger partial charge in [0.15, 0.2) is 6.10 Å². The molecule has 0 bridgehead atoms. The predicted molar refractivity (Wildman–Crippen MR) is 120 cm³/mol. The van der Waals surface area contributed by atoms with Gasteiger partial charge in [-0.3, -0.25) is 4.79 Å². The van der Waals surface area contributed by atoms with Crippen LogP contribution in [0.4, 0.5) is 0 Å². The van der Waals surface area contributed by atoms with Gasteiger partial charge in [-0.1, -0.05) is 64.4 Å². The third-order valence-electron chi connectivity index (χ3n) is 5.03. The Morgan fingerprint density at radius 1 is 1.31 bits per heavy atom. The van der Waals surface area contributed by atoms with Gasteiger partial charge in [0.2, 0.25) is 11.4 Å². The summed E-state index contributed by atoms with van der Waals surface area (Å²) < 4.78 is 19.7. The Morgan fingerprint density at radius 2 is 2.03 bits per heavy atom. The monoisotopic (exact) mass is 484 g/mol. The summed E-state index contributed by atoms with van der Waals surface area (Å²) in [6.45, 7) is 6.14. The Morgan fingerprint density at radius 3 is 2.69 bits per heavy atom. The van der Waals surface area contributed by atoms with Crippen LogP contribution in [0.3, 0.4) is 0 Å². The van der Waals surface area contributed by atoms with Gasteiger partial charge in [0.05, 0.1) is 17.7 Å². The predicted octanol–water partition coefficient (Wildman–Crippen LogP) is 4.88. The highest BCUT2D eigenvalue weighted by Crippen LogP contribution is 2.44. The van der Waals surface area contributed by atoms with Crippen molar-refractivity contribution in [1.29, 1.82) is 0 Å². The Kier molecular flexibility index (Phi) is 7.54. The number of thioether (sulfide) groups is 1. The van der Waals surface area contributed by atoms with Crippen LogP contribution in [-0.4, -0.2) is 52.1 Å². The molecule has 0 spiro atoms. The number of carbonyl (C=O) groups is 1. The lowest BCUT2D eigenvalue weighted by molar-refractivity contribution is -0.573. The molecule has 2 heterocycles. The van der Waals surface area contributed by atoms with Crippen LogP contribution in [0.15, 0.2) is 30.3 Å². The standard InChI is InChI=1S/C22H31BrNO4S/c1-22(2,3)28-21-24-17(14-29-20(24)15-10-6-5-7-11-15)19(27-21)16(23)12-8-9-13-18(25)26-4/h5-7,10-11,16-17,19-20H,8-9,12-14H2,1-4H3/q+1/t16-,17+,19+,20-/m1/s1. The summed E-state index contributed by atoms with van der Waals surface area (Å²) in [6.07, 6.45) is 3.83. The van der Waals surface area contributed by atoms with E-state index in [1.54, 1.807) is 0 Å². The van der Waals surface area contributed by atoms with Crippen LogP contribution in [0.25, 0.3) is 0 Å². The van der Waals surface area contributed by atoms with Crippen molar-refractivity contribution in [2.45, 2.75) is 74.4 Å². The van der Waals surface area contributed by atoms with Crippen LogP contribution >= 0.6 is 27.7 Å². The molecule has 4 atom stereocenters. The Labute approximate surface area is 186 Å². The SMILES string of the molecule is COC(=O)CCCC[C@@H](Br)[C@@H]1OC(OC(C)(C)C)=[N+]2[C@@H](c3ccccc3)SC[C@@H]12. The zero-order valence-corrected chi connectivity index (χ0v) is 20.0. The Balaban J connectivity index is 1.71. The van der Waals surface area contributed by atoms with Crippen molar-refractivity contribution < 1.29 is 23.6 Å². The average molecular weight is 485 g/mol. The molecule has 2 aliphatic rings. The van der Waals surface area contributed by atoms with E-state index < -0.39 is 0 Å². The lowest BCUT2D eigenvalue weighted by atomic mass is 10.0. The lowest BCUT2D eigenvalue weighted by Gasteiger charge is -2.20. The topological polar surface area (TPSA) is 47.8 Å². The van der Waals surface area contributed by atoms with Gasteiger partial charge in [-0.25, -0.2) is 0 Å². The van der Waals surface area contributed by atoms with Crippen LogP contribution < -0.4 is 0 Å². The van der Waals surface area contributed by atoms with Crippen LogP contribution in [-0.2, 0) is 19.0 Å². The molecule has 3 rings (SSSR count). The van der Waals surface area contributed by atoms with Gasteiger partial charge in [-0.2, -0.15) is 0 Å². The van der Waals surface area contributed by atoms with Crippen LogP contribution in [0, 0.1) is 0 Å². The minimum atomic E-state index is -0.328. The van der Waals surface area contributed by atoms with Gasteiger partial charge < -0.3 is 14.2 Å². The molecule has 0 amide bonds. The highest BCUT2D eigenvalue weighted by molar-refractivity contribution is 9.09. The molecule has 1 aromatic rings. The minimum Gasteiger partial charge on any atom is -0.469 e. The smallest absolute Gasteiger partial charge is 0.469 e. The number of fused-ring (bicyclic) bond motifs is 1. The van der Waals surface area contributed by atoms with E-state index in [2.05, 4.69) is 44.8 Å². The van der Waals surface area contributed by atoms with Gasteiger partial charge in [-0.15, -0.1) is 4.58 Å². The number of methoxy groups -OCH3 is 1. The van der Waals surface area contributed by atoms with Crippen molar-refractivity contribution in [3.8, 4) is 0 Å². The van der Waals surface area contributed by atoms with Crippen molar-refractivity contribution in [3.63, 3.8) is 0 Å². The molecule has 2 aliphatic heterocycles. The van der Waals surface area contributed by atoms with E-state index in [0.29, 0.717) is 12.5 Å². The molecular weight excluding hydrogens is 454 g/mol. The number of halogens is 1. The van der Waals surface area contributed by atoms with Crippen LogP contribution in [0.1, 0.15) is 57.4 Å². The second-order valence-electron chi connectivity index (χ2n) is 8.47. The van der Waals surface area contributed by atoms with Gasteiger partial charge in [0.25, 0.3) is 0 Å². The number of rotatable bonds is 7. The molecule has 29 heavy (non-hydrogen) atoms. The molecule has 1 saturated heterocycles. The molecule has 0 aromatic heterocycles. The molecular formula is C22H31BrNO4S+. The molecule has 0 aliphatic carbocycles. The fourth-order valence-corrected chi connectivity index (χ4v) is 5.93. The zero-order valence-electron chi connectivity index (χ0n) is 17.6. The second kappa shape index (κ2) is 9.73. The van der Waals surface area contributed by atoms with Gasteiger partial charge in [0.1, 0.15) is 5.60 Å². The first kappa shape index (κ1) is 22.5. The number of nitrogens with zero attached hydrogens (tertiary/aromatic N) is 1. The largest absolute Gasteiger partial charge is 0.551 e. The molecule has 5 nitrogen and oxygen atoms in total. The highest BCUT2D eigenvalue weighted by Gasteiger charge is 2.56. The number of benzene rings is 1. The third kappa shape index (κ3) is 5.69. The molecule has 1 fully saturated rings. The van der Waals surface area contributed by atoms with Crippen molar-refractivity contribution >= 4 is 39.7 Å². The summed E-state index contributed by atoms with van der Waals surface area (Å²) in [4.78, 5) is 11.5. The van der Waals surface area contributed by atoms with Crippen LogP contribution in [0.2, 0.25) is 0 Å².